The predicted molar refractivity (Wildman–Crippen MR) is 73.0 cm³/mol. The zero-order valence-electron chi connectivity index (χ0n) is 11.5. The highest BCUT2D eigenvalue weighted by molar-refractivity contribution is 5.87. The summed E-state index contributed by atoms with van der Waals surface area (Å²) in [5.41, 5.74) is 1.14. The Morgan fingerprint density at radius 2 is 2.30 bits per heavy atom. The molecule has 0 N–H and O–H groups in total. The van der Waals surface area contributed by atoms with Crippen LogP contribution in [0.15, 0.2) is 36.8 Å². The molecule has 0 aliphatic rings. The van der Waals surface area contributed by atoms with E-state index >= 15 is 0 Å². The van der Waals surface area contributed by atoms with E-state index in [0.717, 1.165) is 12.0 Å². The molecule has 0 radical (unpaired) electrons. The number of esters is 1. The van der Waals surface area contributed by atoms with E-state index in [9.17, 15) is 9.18 Å². The molecule has 0 amide bonds. The van der Waals surface area contributed by atoms with Gasteiger partial charge < -0.3 is 9.30 Å². The summed E-state index contributed by atoms with van der Waals surface area (Å²) in [5.74, 6) is -0.711. The van der Waals surface area contributed by atoms with E-state index in [2.05, 4.69) is 4.98 Å². The van der Waals surface area contributed by atoms with E-state index in [1.54, 1.807) is 17.0 Å². The third kappa shape index (κ3) is 3.04. The maximum atomic E-state index is 13.3. The highest BCUT2D eigenvalue weighted by Crippen LogP contribution is 2.20. The number of imidazole rings is 1. The number of benzene rings is 1. The van der Waals surface area contributed by atoms with Gasteiger partial charge in [-0.15, -0.1) is 0 Å². The van der Waals surface area contributed by atoms with Crippen molar-refractivity contribution in [1.29, 1.82) is 0 Å². The molecule has 1 aromatic carbocycles. The van der Waals surface area contributed by atoms with Gasteiger partial charge >= 0.3 is 5.97 Å². The third-order valence-electron chi connectivity index (χ3n) is 3.06. The van der Waals surface area contributed by atoms with E-state index in [1.807, 2.05) is 19.9 Å². The first-order valence-electron chi connectivity index (χ1n) is 6.58. The lowest BCUT2D eigenvalue weighted by Crippen LogP contribution is -2.16. The summed E-state index contributed by atoms with van der Waals surface area (Å²) in [6, 6.07) is 6.10. The number of carbonyl (C=O) groups excluding carboxylic acids is 1. The van der Waals surface area contributed by atoms with Crippen LogP contribution in [0.2, 0.25) is 0 Å². The number of hydrogen-bond donors (Lipinski definition) is 0. The highest BCUT2D eigenvalue weighted by atomic mass is 19.1. The van der Waals surface area contributed by atoms with Crippen LogP contribution in [-0.2, 0) is 4.74 Å². The van der Waals surface area contributed by atoms with Crippen LogP contribution in [0, 0.1) is 5.82 Å². The predicted octanol–water partition coefficient (Wildman–Crippen LogP) is 3.20. The normalized spacial score (nSPS) is 12.2. The fourth-order valence-corrected chi connectivity index (χ4v) is 1.97. The first-order chi connectivity index (χ1) is 9.63. The molecule has 5 heteroatoms. The molecular formula is C15H17FN2O2. The Labute approximate surface area is 117 Å². The summed E-state index contributed by atoms with van der Waals surface area (Å²) in [6.45, 7) is 4.19. The van der Waals surface area contributed by atoms with Crippen LogP contribution in [-0.4, -0.2) is 22.1 Å². The Morgan fingerprint density at radius 1 is 1.50 bits per heavy atom. The molecule has 1 heterocycles. The highest BCUT2D eigenvalue weighted by Gasteiger charge is 2.18. The molecule has 20 heavy (non-hydrogen) atoms. The maximum absolute atomic E-state index is 13.3. The average molecular weight is 276 g/mol. The molecule has 0 unspecified atom stereocenters. The van der Waals surface area contributed by atoms with Gasteiger partial charge in [0.25, 0.3) is 0 Å². The first kappa shape index (κ1) is 14.2. The lowest BCUT2D eigenvalue weighted by Gasteiger charge is -2.16. The van der Waals surface area contributed by atoms with Gasteiger partial charge in [-0.25, -0.2) is 14.2 Å². The summed E-state index contributed by atoms with van der Waals surface area (Å²) in [5, 5.41) is 0. The summed E-state index contributed by atoms with van der Waals surface area (Å²) < 4.78 is 20.1. The zero-order valence-corrected chi connectivity index (χ0v) is 11.5. The van der Waals surface area contributed by atoms with Gasteiger partial charge in [-0.2, -0.15) is 0 Å². The van der Waals surface area contributed by atoms with E-state index in [4.69, 9.17) is 4.74 Å². The number of hydrogen-bond acceptors (Lipinski definition) is 3. The molecule has 0 saturated carbocycles. The maximum Gasteiger partial charge on any atom is 0.356 e. The van der Waals surface area contributed by atoms with Crippen LogP contribution in [0.3, 0.4) is 0 Å². The Morgan fingerprint density at radius 3 is 3.00 bits per heavy atom. The fourth-order valence-electron chi connectivity index (χ4n) is 1.97. The van der Waals surface area contributed by atoms with E-state index in [0.29, 0.717) is 12.3 Å². The molecule has 1 atom stereocenters. The average Bonchev–Trinajstić information content (AvgIpc) is 2.93. The minimum atomic E-state index is -0.410. The van der Waals surface area contributed by atoms with Gasteiger partial charge in [0.1, 0.15) is 11.5 Å². The smallest absolute Gasteiger partial charge is 0.356 e. The first-order valence-corrected chi connectivity index (χ1v) is 6.58. The minimum absolute atomic E-state index is 0.197. The van der Waals surface area contributed by atoms with Crippen molar-refractivity contribution in [2.24, 2.45) is 0 Å². The van der Waals surface area contributed by atoms with Crippen molar-refractivity contribution >= 4 is 5.97 Å². The Kier molecular flexibility index (Phi) is 4.50. The molecule has 0 spiro atoms. The Bertz CT molecular complexity index is 595. The topological polar surface area (TPSA) is 44.1 Å². The van der Waals surface area contributed by atoms with Gasteiger partial charge in [-0.1, -0.05) is 19.1 Å². The zero-order chi connectivity index (χ0) is 14.5. The van der Waals surface area contributed by atoms with Crippen molar-refractivity contribution in [2.45, 2.75) is 26.3 Å². The van der Waals surface area contributed by atoms with Crippen LogP contribution < -0.4 is 0 Å². The van der Waals surface area contributed by atoms with Crippen molar-refractivity contribution in [3.05, 3.63) is 53.9 Å². The lowest BCUT2D eigenvalue weighted by molar-refractivity contribution is 0.0491. The molecule has 2 aromatic rings. The molecule has 106 valence electrons. The SMILES string of the molecule is CCCOC(=O)c1cncn1[C@H](C)c1cccc(F)c1. The van der Waals surface area contributed by atoms with Crippen LogP contribution in [0.5, 0.6) is 0 Å². The number of rotatable bonds is 5. The van der Waals surface area contributed by atoms with Crippen molar-refractivity contribution in [2.75, 3.05) is 6.61 Å². The van der Waals surface area contributed by atoms with Gasteiger partial charge in [0.05, 0.1) is 25.2 Å². The molecule has 0 fully saturated rings. The number of ether oxygens (including phenoxy) is 1. The summed E-state index contributed by atoms with van der Waals surface area (Å²) in [7, 11) is 0. The minimum Gasteiger partial charge on any atom is -0.461 e. The molecule has 0 aliphatic heterocycles. The van der Waals surface area contributed by atoms with Gasteiger partial charge in [0, 0.05) is 0 Å². The van der Waals surface area contributed by atoms with Gasteiger partial charge in [0.15, 0.2) is 0 Å². The molecule has 4 nitrogen and oxygen atoms in total. The Balaban J connectivity index is 2.25. The Hall–Kier alpha value is -2.17. The monoisotopic (exact) mass is 276 g/mol. The van der Waals surface area contributed by atoms with Gasteiger partial charge in [-0.3, -0.25) is 0 Å². The molecule has 0 saturated heterocycles. The fraction of sp³-hybridized carbons (Fsp3) is 0.333. The second-order valence-electron chi connectivity index (χ2n) is 4.55. The van der Waals surface area contributed by atoms with Crippen molar-refractivity contribution in [3.8, 4) is 0 Å². The van der Waals surface area contributed by atoms with Crippen LogP contribution in [0.1, 0.15) is 42.4 Å². The third-order valence-corrected chi connectivity index (χ3v) is 3.06. The largest absolute Gasteiger partial charge is 0.461 e. The number of nitrogens with zero attached hydrogens (tertiary/aromatic N) is 2. The quantitative estimate of drug-likeness (QED) is 0.788. The van der Waals surface area contributed by atoms with Crippen LogP contribution in [0.4, 0.5) is 4.39 Å². The van der Waals surface area contributed by atoms with E-state index in [-0.39, 0.29) is 11.9 Å². The second-order valence-corrected chi connectivity index (χ2v) is 4.55. The number of carbonyl (C=O) groups is 1. The summed E-state index contributed by atoms with van der Waals surface area (Å²) in [6.07, 6.45) is 3.78. The number of aromatic nitrogens is 2. The van der Waals surface area contributed by atoms with Crippen molar-refractivity contribution in [3.63, 3.8) is 0 Å². The summed E-state index contributed by atoms with van der Waals surface area (Å²) in [4.78, 5) is 15.9. The standard InChI is InChI=1S/C15H17FN2O2/c1-3-7-20-15(19)14-9-17-10-18(14)11(2)12-5-4-6-13(16)8-12/h4-6,8-11H,3,7H2,1-2H3/t11-/m1/s1. The van der Waals surface area contributed by atoms with Gasteiger partial charge in [0.2, 0.25) is 0 Å². The lowest BCUT2D eigenvalue weighted by atomic mass is 10.1. The number of halogens is 1. The molecular weight excluding hydrogens is 259 g/mol. The van der Waals surface area contributed by atoms with Crippen LogP contribution >= 0.6 is 0 Å². The van der Waals surface area contributed by atoms with Crippen molar-refractivity contribution in [1.82, 2.24) is 9.55 Å². The summed E-state index contributed by atoms with van der Waals surface area (Å²) >= 11 is 0. The van der Waals surface area contributed by atoms with Gasteiger partial charge in [-0.05, 0) is 31.0 Å². The van der Waals surface area contributed by atoms with E-state index in [1.165, 1.54) is 18.3 Å². The van der Waals surface area contributed by atoms with Crippen LogP contribution in [0.25, 0.3) is 0 Å². The second kappa shape index (κ2) is 6.32. The molecule has 2 rings (SSSR count). The molecule has 1 aromatic heterocycles. The van der Waals surface area contributed by atoms with Crippen molar-refractivity contribution < 1.29 is 13.9 Å². The molecule has 0 bridgehead atoms. The van der Waals surface area contributed by atoms with E-state index < -0.39 is 5.97 Å². The molecule has 0 aliphatic carbocycles.